The Morgan fingerprint density at radius 2 is 2.05 bits per heavy atom. The third kappa shape index (κ3) is 2.94. The molecule has 0 aliphatic rings. The van der Waals surface area contributed by atoms with Crippen molar-refractivity contribution in [1.29, 1.82) is 0 Å². The maximum atomic E-state index is 12.2. The van der Waals surface area contributed by atoms with E-state index in [2.05, 4.69) is 9.88 Å². The topological polar surface area (TPSA) is 75.4 Å². The first-order valence-electron chi connectivity index (χ1n) is 6.37. The van der Waals surface area contributed by atoms with E-state index < -0.39 is 10.0 Å². The van der Waals surface area contributed by atoms with E-state index in [-0.39, 0.29) is 10.8 Å². The highest BCUT2D eigenvalue weighted by molar-refractivity contribution is 7.89. The van der Waals surface area contributed by atoms with Gasteiger partial charge in [0.15, 0.2) is 11.4 Å². The number of nitrogens with one attached hydrogen (secondary N) is 1. The van der Waals surface area contributed by atoms with Crippen LogP contribution in [0.5, 0.6) is 0 Å². The number of aromatic nitrogens is 1. The summed E-state index contributed by atoms with van der Waals surface area (Å²) >= 11 is 0. The van der Waals surface area contributed by atoms with Gasteiger partial charge < -0.3 is 9.42 Å². The summed E-state index contributed by atoms with van der Waals surface area (Å²) in [6.45, 7) is 4.32. The van der Waals surface area contributed by atoms with Gasteiger partial charge in [-0.3, -0.25) is 0 Å². The van der Waals surface area contributed by atoms with Crippen molar-refractivity contribution in [2.75, 3.05) is 25.5 Å². The van der Waals surface area contributed by atoms with E-state index in [1.165, 1.54) is 6.07 Å². The van der Waals surface area contributed by atoms with E-state index >= 15 is 0 Å². The van der Waals surface area contributed by atoms with Crippen molar-refractivity contribution in [1.82, 2.24) is 9.88 Å². The average Bonchev–Trinajstić information content (AvgIpc) is 2.79. The van der Waals surface area contributed by atoms with Crippen molar-refractivity contribution in [3.63, 3.8) is 0 Å². The zero-order valence-corrected chi connectivity index (χ0v) is 12.9. The van der Waals surface area contributed by atoms with Gasteiger partial charge in [-0.2, -0.15) is 0 Å². The van der Waals surface area contributed by atoms with Crippen LogP contribution in [0.3, 0.4) is 0 Å². The van der Waals surface area contributed by atoms with Gasteiger partial charge in [-0.25, -0.2) is 13.1 Å². The highest BCUT2D eigenvalue weighted by Gasteiger charge is 2.18. The van der Waals surface area contributed by atoms with Crippen LogP contribution in [0.1, 0.15) is 13.8 Å². The van der Waals surface area contributed by atoms with Crippen molar-refractivity contribution >= 4 is 26.8 Å². The van der Waals surface area contributed by atoms with Crippen molar-refractivity contribution in [3.05, 3.63) is 18.2 Å². The third-order valence-corrected chi connectivity index (χ3v) is 4.26. The largest absolute Gasteiger partial charge is 0.359 e. The molecule has 20 heavy (non-hydrogen) atoms. The van der Waals surface area contributed by atoms with Gasteiger partial charge in [-0.05, 0) is 24.1 Å². The van der Waals surface area contributed by atoms with Crippen molar-refractivity contribution in [2.24, 2.45) is 5.92 Å². The van der Waals surface area contributed by atoms with Crippen molar-refractivity contribution in [2.45, 2.75) is 18.7 Å². The molecule has 1 aromatic carbocycles. The molecule has 110 valence electrons. The molecule has 0 bridgehead atoms. The number of hydrogen-bond acceptors (Lipinski definition) is 5. The molecule has 0 radical (unpaired) electrons. The Bertz CT molecular complexity index is 705. The first kappa shape index (κ1) is 14.8. The van der Waals surface area contributed by atoms with Gasteiger partial charge in [0.25, 0.3) is 0 Å². The normalized spacial score (nSPS) is 12.2. The minimum Gasteiger partial charge on any atom is -0.359 e. The number of fused-ring (bicyclic) bond motifs is 1. The van der Waals surface area contributed by atoms with Crippen LogP contribution in [0.2, 0.25) is 0 Å². The van der Waals surface area contributed by atoms with Gasteiger partial charge in [0.05, 0.1) is 10.3 Å². The molecule has 1 heterocycles. The first-order chi connectivity index (χ1) is 9.31. The second-order valence-electron chi connectivity index (χ2n) is 5.30. The Morgan fingerprint density at radius 3 is 2.65 bits per heavy atom. The lowest BCUT2D eigenvalue weighted by molar-refractivity contribution is 0.457. The predicted octanol–water partition coefficient (Wildman–Crippen LogP) is 1.83. The smallest absolute Gasteiger partial charge is 0.240 e. The molecule has 0 atom stereocenters. The van der Waals surface area contributed by atoms with E-state index in [9.17, 15) is 8.42 Å². The van der Waals surface area contributed by atoms with Gasteiger partial charge in [-0.15, -0.1) is 0 Å². The SMILES string of the molecule is CC(C)CNS(=O)(=O)c1ccc2onc(N(C)C)c2c1. The molecule has 0 saturated heterocycles. The van der Waals surface area contributed by atoms with E-state index in [1.807, 2.05) is 27.9 Å². The molecular formula is C13H19N3O3S. The summed E-state index contributed by atoms with van der Waals surface area (Å²) in [7, 11) is 0.153. The molecule has 0 aliphatic heterocycles. The number of benzene rings is 1. The fourth-order valence-corrected chi connectivity index (χ4v) is 2.99. The van der Waals surface area contributed by atoms with Crippen LogP contribution in [-0.4, -0.2) is 34.2 Å². The van der Waals surface area contributed by atoms with Crippen LogP contribution in [0, 0.1) is 5.92 Å². The molecule has 1 N–H and O–H groups in total. The Labute approximate surface area is 118 Å². The molecule has 0 aliphatic carbocycles. The maximum absolute atomic E-state index is 12.2. The molecule has 6 nitrogen and oxygen atoms in total. The average molecular weight is 297 g/mol. The molecule has 2 aromatic rings. The monoisotopic (exact) mass is 297 g/mol. The highest BCUT2D eigenvalue weighted by Crippen LogP contribution is 2.27. The van der Waals surface area contributed by atoms with Crippen LogP contribution < -0.4 is 9.62 Å². The minimum atomic E-state index is -3.51. The summed E-state index contributed by atoms with van der Waals surface area (Å²) in [6, 6.07) is 4.73. The van der Waals surface area contributed by atoms with Crippen LogP contribution >= 0.6 is 0 Å². The van der Waals surface area contributed by atoms with Crippen molar-refractivity contribution < 1.29 is 12.9 Å². The number of anilines is 1. The first-order valence-corrected chi connectivity index (χ1v) is 7.86. The lowest BCUT2D eigenvalue weighted by Crippen LogP contribution is -2.27. The van der Waals surface area contributed by atoms with E-state index in [0.29, 0.717) is 23.3 Å². The van der Waals surface area contributed by atoms with Crippen LogP contribution in [0.25, 0.3) is 11.0 Å². The van der Waals surface area contributed by atoms with E-state index in [4.69, 9.17) is 4.52 Å². The molecule has 0 unspecified atom stereocenters. The predicted molar refractivity (Wildman–Crippen MR) is 78.4 cm³/mol. The summed E-state index contributed by atoms with van der Waals surface area (Å²) in [4.78, 5) is 2.00. The summed E-state index contributed by atoms with van der Waals surface area (Å²) < 4.78 is 32.2. The molecule has 1 aromatic heterocycles. The Morgan fingerprint density at radius 1 is 1.35 bits per heavy atom. The number of hydrogen-bond donors (Lipinski definition) is 1. The minimum absolute atomic E-state index is 0.219. The number of nitrogens with zero attached hydrogens (tertiary/aromatic N) is 2. The molecule has 0 fully saturated rings. The van der Waals surface area contributed by atoms with Crippen molar-refractivity contribution in [3.8, 4) is 0 Å². The lowest BCUT2D eigenvalue weighted by atomic mass is 10.2. The molecule has 0 amide bonds. The van der Waals surface area contributed by atoms with Gasteiger partial charge in [0.2, 0.25) is 10.0 Å². The third-order valence-electron chi connectivity index (χ3n) is 2.84. The fraction of sp³-hybridized carbons (Fsp3) is 0.462. The molecular weight excluding hydrogens is 278 g/mol. The fourth-order valence-electron chi connectivity index (χ4n) is 1.75. The van der Waals surface area contributed by atoms with Gasteiger partial charge in [-0.1, -0.05) is 19.0 Å². The Hall–Kier alpha value is -1.60. The summed E-state index contributed by atoms with van der Waals surface area (Å²) in [5.41, 5.74) is 0.566. The summed E-state index contributed by atoms with van der Waals surface area (Å²) in [5.74, 6) is 0.863. The zero-order valence-electron chi connectivity index (χ0n) is 12.0. The maximum Gasteiger partial charge on any atom is 0.240 e. The molecule has 7 heteroatoms. The summed E-state index contributed by atoms with van der Waals surface area (Å²) in [5, 5.41) is 4.61. The lowest BCUT2D eigenvalue weighted by Gasteiger charge is -2.10. The summed E-state index contributed by atoms with van der Waals surface area (Å²) in [6.07, 6.45) is 0. The van der Waals surface area contributed by atoms with Crippen LogP contribution in [0.15, 0.2) is 27.6 Å². The van der Waals surface area contributed by atoms with Crippen LogP contribution in [0.4, 0.5) is 5.82 Å². The van der Waals surface area contributed by atoms with Gasteiger partial charge in [0.1, 0.15) is 0 Å². The van der Waals surface area contributed by atoms with Gasteiger partial charge >= 0.3 is 0 Å². The Balaban J connectivity index is 2.42. The molecule has 0 spiro atoms. The van der Waals surface area contributed by atoms with Crippen LogP contribution in [-0.2, 0) is 10.0 Å². The highest BCUT2D eigenvalue weighted by atomic mass is 32.2. The number of sulfonamides is 1. The second-order valence-corrected chi connectivity index (χ2v) is 7.07. The number of rotatable bonds is 5. The van der Waals surface area contributed by atoms with E-state index in [0.717, 1.165) is 0 Å². The van der Waals surface area contributed by atoms with Gasteiger partial charge in [0, 0.05) is 20.6 Å². The van der Waals surface area contributed by atoms with E-state index in [1.54, 1.807) is 17.0 Å². The zero-order chi connectivity index (χ0) is 14.9. The second kappa shape index (κ2) is 5.41. The molecule has 0 saturated carbocycles. The molecule has 2 rings (SSSR count). The quantitative estimate of drug-likeness (QED) is 0.911. The standard InChI is InChI=1S/C13H19N3O3S/c1-9(2)8-14-20(17,18)10-5-6-12-11(7-10)13(15-19-12)16(3)4/h5-7,9,14H,8H2,1-4H3. The Kier molecular flexibility index (Phi) is 4.01.